The molecule has 0 bridgehead atoms. The van der Waals surface area contributed by atoms with E-state index in [0.717, 1.165) is 11.0 Å². The van der Waals surface area contributed by atoms with E-state index in [0.29, 0.717) is 5.69 Å². The molecule has 2 rings (SSSR count). The summed E-state index contributed by atoms with van der Waals surface area (Å²) < 4.78 is 18.0. The van der Waals surface area contributed by atoms with Gasteiger partial charge in [0.1, 0.15) is 22.2 Å². The van der Waals surface area contributed by atoms with E-state index in [1.807, 2.05) is 0 Å². The number of hydrogen-bond donors (Lipinski definition) is 0. The summed E-state index contributed by atoms with van der Waals surface area (Å²) in [7, 11) is 1.41. The van der Waals surface area contributed by atoms with Crippen molar-refractivity contribution in [1.29, 1.82) is 0 Å². The van der Waals surface area contributed by atoms with Crippen molar-refractivity contribution in [2.75, 3.05) is 11.9 Å². The number of aryl methyl sites for hydroxylation is 1. The number of pyridine rings is 1. The maximum atomic E-state index is 13.6. The normalized spacial score (nSPS) is 10.4. The quantitative estimate of drug-likeness (QED) is 0.779. The number of halogens is 2. The molecule has 94 valence electrons. The first-order chi connectivity index (χ1) is 8.52. The van der Waals surface area contributed by atoms with E-state index in [-0.39, 0.29) is 16.5 Å². The van der Waals surface area contributed by atoms with Crippen molar-refractivity contribution in [2.24, 2.45) is 0 Å². The Morgan fingerprint density at radius 2 is 2.22 bits per heavy atom. The molecule has 18 heavy (non-hydrogen) atoms. The Morgan fingerprint density at radius 3 is 2.78 bits per heavy atom. The van der Waals surface area contributed by atoms with Crippen LogP contribution in [0.15, 0.2) is 16.9 Å². The third kappa shape index (κ3) is 2.04. The van der Waals surface area contributed by atoms with Gasteiger partial charge in [0.25, 0.3) is 5.91 Å². The van der Waals surface area contributed by atoms with Crippen LogP contribution in [0.25, 0.3) is 0 Å². The molecule has 0 N–H and O–H groups in total. The molecule has 0 aromatic carbocycles. The molecular formula is C10H8ClFN4O2. The summed E-state index contributed by atoms with van der Waals surface area (Å²) >= 11 is 5.71. The molecule has 0 aliphatic heterocycles. The van der Waals surface area contributed by atoms with Crippen molar-refractivity contribution in [2.45, 2.75) is 6.92 Å². The second-order valence-electron chi connectivity index (χ2n) is 3.50. The van der Waals surface area contributed by atoms with Crippen molar-refractivity contribution in [3.8, 4) is 0 Å². The zero-order valence-corrected chi connectivity index (χ0v) is 10.3. The average Bonchev–Trinajstić information content (AvgIpc) is 2.74. The van der Waals surface area contributed by atoms with Crippen LogP contribution >= 0.6 is 11.6 Å². The Balaban J connectivity index is 2.41. The van der Waals surface area contributed by atoms with Gasteiger partial charge in [0, 0.05) is 13.2 Å². The number of hydrogen-bond acceptors (Lipinski definition) is 5. The number of anilines is 1. The fraction of sp³-hybridized carbons (Fsp3) is 0.200. The predicted octanol–water partition coefficient (Wildman–Crippen LogP) is 1.84. The summed E-state index contributed by atoms with van der Waals surface area (Å²) in [5.74, 6) is -1.23. The van der Waals surface area contributed by atoms with Crippen molar-refractivity contribution in [3.63, 3.8) is 0 Å². The van der Waals surface area contributed by atoms with E-state index in [4.69, 9.17) is 11.6 Å². The first-order valence-electron chi connectivity index (χ1n) is 4.89. The molecule has 2 aromatic rings. The molecule has 0 spiro atoms. The first-order valence-corrected chi connectivity index (χ1v) is 5.27. The lowest BCUT2D eigenvalue weighted by molar-refractivity contribution is 0.0987. The smallest absolute Gasteiger partial charge is 0.265 e. The van der Waals surface area contributed by atoms with Crippen LogP contribution in [0.1, 0.15) is 16.1 Å². The molecule has 0 aliphatic carbocycles. The summed E-state index contributed by atoms with van der Waals surface area (Å²) in [6.07, 6.45) is 1.18. The molecule has 6 nitrogen and oxygen atoms in total. The minimum atomic E-state index is -0.749. The second-order valence-corrected chi connectivity index (χ2v) is 3.85. The molecule has 1 amide bonds. The van der Waals surface area contributed by atoms with Gasteiger partial charge in [-0.05, 0) is 18.1 Å². The van der Waals surface area contributed by atoms with E-state index < -0.39 is 11.7 Å². The van der Waals surface area contributed by atoms with E-state index >= 15 is 0 Å². The molecule has 0 fully saturated rings. The Labute approximate surface area is 106 Å². The van der Waals surface area contributed by atoms with Gasteiger partial charge in [-0.1, -0.05) is 16.8 Å². The minimum absolute atomic E-state index is 0.194. The highest BCUT2D eigenvalue weighted by Gasteiger charge is 2.24. The second kappa shape index (κ2) is 4.69. The summed E-state index contributed by atoms with van der Waals surface area (Å²) in [5.41, 5.74) is 0.0929. The van der Waals surface area contributed by atoms with Crippen molar-refractivity contribution in [1.82, 2.24) is 15.3 Å². The Kier molecular flexibility index (Phi) is 3.24. The zero-order chi connectivity index (χ0) is 13.3. The Morgan fingerprint density at radius 1 is 1.50 bits per heavy atom. The summed E-state index contributed by atoms with van der Waals surface area (Å²) in [6.45, 7) is 1.61. The largest absolute Gasteiger partial charge is 0.291 e. The van der Waals surface area contributed by atoms with Gasteiger partial charge in [-0.2, -0.15) is 0 Å². The fourth-order valence-electron chi connectivity index (χ4n) is 1.40. The molecule has 2 heterocycles. The zero-order valence-electron chi connectivity index (χ0n) is 9.52. The standard InChI is InChI=1S/C10H8ClFN4O2/c1-5-9(15-18-14-5)16(2)10(17)7-6(12)3-4-13-8(7)11/h3-4H,1-2H3. The van der Waals surface area contributed by atoms with Crippen LogP contribution < -0.4 is 4.90 Å². The average molecular weight is 271 g/mol. The fourth-order valence-corrected chi connectivity index (χ4v) is 1.63. The molecule has 0 aliphatic rings. The molecule has 0 saturated carbocycles. The number of nitrogens with zero attached hydrogens (tertiary/aromatic N) is 4. The van der Waals surface area contributed by atoms with Crippen LogP contribution in [0.4, 0.5) is 10.2 Å². The molecule has 8 heteroatoms. The Hall–Kier alpha value is -2.02. The third-order valence-electron chi connectivity index (χ3n) is 2.32. The highest BCUT2D eigenvalue weighted by Crippen LogP contribution is 2.21. The summed E-state index contributed by atoms with van der Waals surface area (Å²) in [5, 5.41) is 6.88. The molecule has 2 aromatic heterocycles. The van der Waals surface area contributed by atoms with Gasteiger partial charge in [0.15, 0.2) is 0 Å². The number of carbonyl (C=O) groups is 1. The number of rotatable bonds is 2. The van der Waals surface area contributed by atoms with Gasteiger partial charge in [-0.25, -0.2) is 14.0 Å². The highest BCUT2D eigenvalue weighted by atomic mass is 35.5. The van der Waals surface area contributed by atoms with E-state index in [2.05, 4.69) is 19.9 Å². The van der Waals surface area contributed by atoms with E-state index in [9.17, 15) is 9.18 Å². The maximum absolute atomic E-state index is 13.6. The molecule has 0 unspecified atom stereocenters. The first kappa shape index (κ1) is 12.4. The van der Waals surface area contributed by atoms with Crippen molar-refractivity contribution >= 4 is 23.3 Å². The number of amides is 1. The highest BCUT2D eigenvalue weighted by molar-refractivity contribution is 6.33. The molecule has 0 radical (unpaired) electrons. The molecular weight excluding hydrogens is 263 g/mol. The van der Waals surface area contributed by atoms with Gasteiger partial charge in [-0.15, -0.1) is 0 Å². The monoisotopic (exact) mass is 270 g/mol. The van der Waals surface area contributed by atoms with E-state index in [1.54, 1.807) is 6.92 Å². The van der Waals surface area contributed by atoms with Crippen LogP contribution in [0, 0.1) is 12.7 Å². The van der Waals surface area contributed by atoms with E-state index in [1.165, 1.54) is 13.2 Å². The minimum Gasteiger partial charge on any atom is -0.291 e. The SMILES string of the molecule is Cc1nonc1N(C)C(=O)c1c(F)ccnc1Cl. The molecule has 0 atom stereocenters. The van der Waals surface area contributed by atoms with Gasteiger partial charge in [0.2, 0.25) is 5.82 Å². The Bertz CT molecular complexity index is 581. The molecule has 0 saturated heterocycles. The van der Waals surface area contributed by atoms with Gasteiger partial charge < -0.3 is 0 Å². The summed E-state index contributed by atoms with van der Waals surface area (Å²) in [6, 6.07) is 1.06. The topological polar surface area (TPSA) is 72.1 Å². The van der Waals surface area contributed by atoms with Crippen LogP contribution in [0.3, 0.4) is 0 Å². The number of aromatic nitrogens is 3. The van der Waals surface area contributed by atoms with Gasteiger partial charge in [0.05, 0.1) is 0 Å². The van der Waals surface area contributed by atoms with Crippen molar-refractivity contribution < 1.29 is 13.8 Å². The predicted molar refractivity (Wildman–Crippen MR) is 61.0 cm³/mol. The maximum Gasteiger partial charge on any atom is 0.265 e. The van der Waals surface area contributed by atoms with Gasteiger partial charge in [-0.3, -0.25) is 9.69 Å². The third-order valence-corrected chi connectivity index (χ3v) is 2.61. The lowest BCUT2D eigenvalue weighted by Gasteiger charge is -2.14. The summed E-state index contributed by atoms with van der Waals surface area (Å²) in [4.78, 5) is 16.8. The van der Waals surface area contributed by atoms with Crippen molar-refractivity contribution in [3.05, 3.63) is 34.5 Å². The number of carbonyl (C=O) groups excluding carboxylic acids is 1. The lowest BCUT2D eigenvalue weighted by atomic mass is 10.2. The lowest BCUT2D eigenvalue weighted by Crippen LogP contribution is -2.28. The van der Waals surface area contributed by atoms with Gasteiger partial charge >= 0.3 is 0 Å². The van der Waals surface area contributed by atoms with Crippen LogP contribution in [0.5, 0.6) is 0 Å². The van der Waals surface area contributed by atoms with Crippen LogP contribution in [-0.4, -0.2) is 28.3 Å². The van der Waals surface area contributed by atoms with Crippen LogP contribution in [0.2, 0.25) is 5.15 Å². The van der Waals surface area contributed by atoms with Crippen LogP contribution in [-0.2, 0) is 0 Å².